The first-order valence-electron chi connectivity index (χ1n) is 10.4. The van der Waals surface area contributed by atoms with Gasteiger partial charge >= 0.3 is 0 Å². The predicted octanol–water partition coefficient (Wildman–Crippen LogP) is 4.41. The van der Waals surface area contributed by atoms with Gasteiger partial charge in [0.25, 0.3) is 5.91 Å². The summed E-state index contributed by atoms with van der Waals surface area (Å²) in [5.74, 6) is 0.558. The minimum Gasteiger partial charge on any atom is -0.349 e. The van der Waals surface area contributed by atoms with Crippen molar-refractivity contribution in [1.29, 1.82) is 0 Å². The van der Waals surface area contributed by atoms with Gasteiger partial charge in [-0.25, -0.2) is 0 Å². The predicted molar refractivity (Wildman–Crippen MR) is 127 cm³/mol. The number of carbonyl (C=O) groups excluding carboxylic acids is 2. The van der Waals surface area contributed by atoms with E-state index < -0.39 is 0 Å². The van der Waals surface area contributed by atoms with Gasteiger partial charge in [0.1, 0.15) is 0 Å². The molecular weight excluding hydrogens is 446 g/mol. The summed E-state index contributed by atoms with van der Waals surface area (Å²) in [6, 6.07) is 16.1. The standard InChI is InChI=1S/C23H26ClN5O2S/c1-4-29-21(16(3)26-22(31)18-10-12-19(24)13-11-18)27-28-23(29)32-14-20(30)25-15(2)17-8-6-5-7-9-17/h5-13,15-16H,4,14H2,1-3H3,(H,25,30)(H,26,31)/t15-,16+/m1/s1. The Bertz CT molecular complexity index is 1060. The lowest BCUT2D eigenvalue weighted by Crippen LogP contribution is -2.29. The third-order valence-corrected chi connectivity index (χ3v) is 6.13. The summed E-state index contributed by atoms with van der Waals surface area (Å²) in [5, 5.41) is 15.6. The molecule has 2 aromatic carbocycles. The van der Waals surface area contributed by atoms with Crippen molar-refractivity contribution in [3.8, 4) is 0 Å². The highest BCUT2D eigenvalue weighted by molar-refractivity contribution is 7.99. The second kappa shape index (κ2) is 11.2. The van der Waals surface area contributed by atoms with E-state index in [4.69, 9.17) is 11.6 Å². The van der Waals surface area contributed by atoms with E-state index >= 15 is 0 Å². The van der Waals surface area contributed by atoms with Gasteiger partial charge in [-0.1, -0.05) is 53.7 Å². The molecule has 0 unspecified atom stereocenters. The van der Waals surface area contributed by atoms with E-state index in [0.717, 1.165) is 5.56 Å². The third kappa shape index (κ3) is 6.11. The largest absolute Gasteiger partial charge is 0.349 e. The molecule has 0 aliphatic carbocycles. The fourth-order valence-electron chi connectivity index (χ4n) is 3.21. The molecule has 1 aromatic heterocycles. The Hall–Kier alpha value is -2.84. The summed E-state index contributed by atoms with van der Waals surface area (Å²) in [6.45, 7) is 6.40. The molecule has 0 aliphatic heterocycles. The lowest BCUT2D eigenvalue weighted by Gasteiger charge is -2.16. The second-order valence-corrected chi connectivity index (χ2v) is 8.65. The Morgan fingerprint density at radius 3 is 2.34 bits per heavy atom. The SMILES string of the molecule is CCn1c(SCC(=O)N[C@H](C)c2ccccc2)nnc1[C@H](C)NC(=O)c1ccc(Cl)cc1. The van der Waals surface area contributed by atoms with Crippen LogP contribution in [0.2, 0.25) is 5.02 Å². The smallest absolute Gasteiger partial charge is 0.251 e. The molecule has 1 heterocycles. The maximum Gasteiger partial charge on any atom is 0.251 e. The summed E-state index contributed by atoms with van der Waals surface area (Å²) in [4.78, 5) is 24.9. The number of benzene rings is 2. The van der Waals surface area contributed by atoms with Gasteiger partial charge in [0.05, 0.1) is 17.8 Å². The number of nitrogens with zero attached hydrogens (tertiary/aromatic N) is 3. The number of hydrogen-bond donors (Lipinski definition) is 2. The van der Waals surface area contributed by atoms with Crippen molar-refractivity contribution in [3.05, 3.63) is 76.6 Å². The van der Waals surface area contributed by atoms with E-state index in [0.29, 0.717) is 28.1 Å². The lowest BCUT2D eigenvalue weighted by atomic mass is 10.1. The number of hydrogen-bond acceptors (Lipinski definition) is 5. The van der Waals surface area contributed by atoms with Gasteiger partial charge in [0.2, 0.25) is 5.91 Å². The first-order chi connectivity index (χ1) is 15.4. The Labute approximate surface area is 197 Å². The zero-order valence-corrected chi connectivity index (χ0v) is 19.8. The number of nitrogens with one attached hydrogen (secondary N) is 2. The Morgan fingerprint density at radius 1 is 1.00 bits per heavy atom. The highest BCUT2D eigenvalue weighted by Crippen LogP contribution is 2.21. The van der Waals surface area contributed by atoms with Gasteiger partial charge < -0.3 is 15.2 Å². The van der Waals surface area contributed by atoms with Crippen molar-refractivity contribution in [2.45, 2.75) is 44.6 Å². The van der Waals surface area contributed by atoms with Gasteiger partial charge in [-0.15, -0.1) is 10.2 Å². The molecule has 0 saturated heterocycles. The molecule has 3 aromatic rings. The van der Waals surface area contributed by atoms with Crippen LogP contribution < -0.4 is 10.6 Å². The van der Waals surface area contributed by atoms with E-state index in [2.05, 4.69) is 20.8 Å². The van der Waals surface area contributed by atoms with E-state index in [9.17, 15) is 9.59 Å². The van der Waals surface area contributed by atoms with Crippen LogP contribution in [-0.4, -0.2) is 32.3 Å². The van der Waals surface area contributed by atoms with Crippen molar-refractivity contribution >= 4 is 35.2 Å². The molecule has 9 heteroatoms. The Balaban J connectivity index is 1.59. The van der Waals surface area contributed by atoms with Crippen molar-refractivity contribution in [3.63, 3.8) is 0 Å². The molecule has 0 aliphatic rings. The molecule has 2 N–H and O–H groups in total. The van der Waals surface area contributed by atoms with Crippen LogP contribution in [0.4, 0.5) is 0 Å². The van der Waals surface area contributed by atoms with Crippen LogP contribution in [0.15, 0.2) is 59.8 Å². The normalized spacial score (nSPS) is 12.8. The van der Waals surface area contributed by atoms with E-state index in [1.807, 2.05) is 55.7 Å². The number of thioether (sulfide) groups is 1. The summed E-state index contributed by atoms with van der Waals surface area (Å²) in [5.41, 5.74) is 1.57. The summed E-state index contributed by atoms with van der Waals surface area (Å²) in [7, 11) is 0. The third-order valence-electron chi connectivity index (χ3n) is 4.91. The second-order valence-electron chi connectivity index (χ2n) is 7.28. The first-order valence-corrected chi connectivity index (χ1v) is 11.7. The highest BCUT2D eigenvalue weighted by Gasteiger charge is 2.20. The van der Waals surface area contributed by atoms with Crippen LogP contribution in [0, 0.1) is 0 Å². The van der Waals surface area contributed by atoms with Crippen LogP contribution >= 0.6 is 23.4 Å². The maximum atomic E-state index is 12.5. The average molecular weight is 472 g/mol. The van der Waals surface area contributed by atoms with Crippen LogP contribution in [-0.2, 0) is 11.3 Å². The van der Waals surface area contributed by atoms with E-state index in [-0.39, 0.29) is 29.7 Å². The van der Waals surface area contributed by atoms with Gasteiger partial charge in [0.15, 0.2) is 11.0 Å². The van der Waals surface area contributed by atoms with Crippen molar-refractivity contribution in [2.24, 2.45) is 0 Å². The van der Waals surface area contributed by atoms with Crippen LogP contribution in [0.3, 0.4) is 0 Å². The van der Waals surface area contributed by atoms with Gasteiger partial charge in [-0.3, -0.25) is 9.59 Å². The number of amides is 2. The monoisotopic (exact) mass is 471 g/mol. The molecular formula is C23H26ClN5O2S. The van der Waals surface area contributed by atoms with E-state index in [1.165, 1.54) is 11.8 Å². The molecule has 2 atom stereocenters. The number of halogens is 1. The number of carbonyl (C=O) groups is 2. The van der Waals surface area contributed by atoms with Gasteiger partial charge in [0, 0.05) is 17.1 Å². The molecule has 32 heavy (non-hydrogen) atoms. The maximum absolute atomic E-state index is 12.5. The van der Waals surface area contributed by atoms with E-state index in [1.54, 1.807) is 24.3 Å². The summed E-state index contributed by atoms with van der Waals surface area (Å²) in [6.07, 6.45) is 0. The van der Waals surface area contributed by atoms with Crippen molar-refractivity contribution in [1.82, 2.24) is 25.4 Å². The van der Waals surface area contributed by atoms with Gasteiger partial charge in [-0.2, -0.15) is 0 Å². The minimum absolute atomic E-state index is 0.0768. The first kappa shape index (κ1) is 23.8. The average Bonchev–Trinajstić information content (AvgIpc) is 3.21. The fourth-order valence-corrected chi connectivity index (χ4v) is 4.15. The topological polar surface area (TPSA) is 88.9 Å². The van der Waals surface area contributed by atoms with Crippen LogP contribution in [0.5, 0.6) is 0 Å². The fraction of sp³-hybridized carbons (Fsp3) is 0.304. The molecule has 0 fully saturated rings. The lowest BCUT2D eigenvalue weighted by molar-refractivity contribution is -0.119. The molecule has 0 spiro atoms. The van der Waals surface area contributed by atoms with Gasteiger partial charge in [-0.05, 0) is 50.6 Å². The number of rotatable bonds is 9. The molecule has 3 rings (SSSR count). The highest BCUT2D eigenvalue weighted by atomic mass is 35.5. The molecule has 0 bridgehead atoms. The molecule has 0 saturated carbocycles. The van der Waals surface area contributed by atoms with Crippen LogP contribution in [0.25, 0.3) is 0 Å². The molecule has 2 amide bonds. The molecule has 168 valence electrons. The minimum atomic E-state index is -0.355. The molecule has 0 radical (unpaired) electrons. The summed E-state index contributed by atoms with van der Waals surface area (Å²) >= 11 is 7.21. The zero-order chi connectivity index (χ0) is 23.1. The number of aromatic nitrogens is 3. The summed E-state index contributed by atoms with van der Waals surface area (Å²) < 4.78 is 1.91. The zero-order valence-electron chi connectivity index (χ0n) is 18.2. The van der Waals surface area contributed by atoms with Crippen LogP contribution in [0.1, 0.15) is 54.6 Å². The quantitative estimate of drug-likeness (QED) is 0.451. The Morgan fingerprint density at radius 2 is 1.69 bits per heavy atom. The van der Waals surface area contributed by atoms with Crippen molar-refractivity contribution in [2.75, 3.05) is 5.75 Å². The Kier molecular flexibility index (Phi) is 8.30. The van der Waals surface area contributed by atoms with Crippen molar-refractivity contribution < 1.29 is 9.59 Å². The molecule has 7 nitrogen and oxygen atoms in total.